The van der Waals surface area contributed by atoms with E-state index in [1.165, 1.54) is 25.9 Å². The van der Waals surface area contributed by atoms with Crippen LogP contribution < -0.4 is 0 Å². The Morgan fingerprint density at radius 2 is 1.85 bits per heavy atom. The molecule has 0 radical (unpaired) electrons. The van der Waals surface area contributed by atoms with Crippen molar-refractivity contribution >= 4 is 0 Å². The van der Waals surface area contributed by atoms with Crippen molar-refractivity contribution in [2.24, 2.45) is 0 Å². The van der Waals surface area contributed by atoms with Gasteiger partial charge in [0.2, 0.25) is 0 Å². The first kappa shape index (κ1) is 27.2. The van der Waals surface area contributed by atoms with Crippen LogP contribution in [-0.4, -0.2) is 53.2 Å². The molecule has 0 atom stereocenters. The van der Waals surface area contributed by atoms with Crippen LogP contribution in [0.3, 0.4) is 0 Å². The van der Waals surface area contributed by atoms with Gasteiger partial charge in [0.25, 0.3) is 0 Å². The minimum absolute atomic E-state index is 0. The summed E-state index contributed by atoms with van der Waals surface area (Å²) in [6, 6.07) is 11.1. The quantitative estimate of drug-likeness (QED) is 0.376. The van der Waals surface area contributed by atoms with E-state index in [-0.39, 0.29) is 36.8 Å². The molecule has 6 nitrogen and oxygen atoms in total. The first-order valence-corrected chi connectivity index (χ1v) is 10.8. The third-order valence-corrected chi connectivity index (χ3v) is 5.41. The molecular weight excluding hydrogens is 636 g/mol. The molecule has 33 heavy (non-hydrogen) atoms. The van der Waals surface area contributed by atoms with E-state index in [0.717, 1.165) is 46.7 Å². The Kier molecular flexibility index (Phi) is 11.7. The number of hydrogen-bond donors (Lipinski definition) is 0. The number of rotatable bonds is 5. The van der Waals surface area contributed by atoms with Crippen LogP contribution in [0.1, 0.15) is 29.8 Å². The van der Waals surface area contributed by atoms with Crippen molar-refractivity contribution in [1.82, 2.24) is 19.9 Å². The van der Waals surface area contributed by atoms with Gasteiger partial charge in [-0.25, -0.2) is 0 Å². The summed E-state index contributed by atoms with van der Waals surface area (Å²) < 4.78 is 4.99. The van der Waals surface area contributed by atoms with Crippen LogP contribution in [0.4, 0.5) is 0 Å². The van der Waals surface area contributed by atoms with Gasteiger partial charge in [-0.2, -0.15) is 12.8 Å². The van der Waals surface area contributed by atoms with E-state index in [4.69, 9.17) is 10.00 Å². The first-order chi connectivity index (χ1) is 15.6. The molecule has 4 rings (SSSR count). The monoisotopic (exact) mass is 665 g/mol. The fourth-order valence-corrected chi connectivity index (χ4v) is 3.55. The van der Waals surface area contributed by atoms with Crippen molar-refractivity contribution in [2.75, 3.05) is 33.4 Å². The summed E-state index contributed by atoms with van der Waals surface area (Å²) in [5.41, 5.74) is 6.04. The Balaban J connectivity index is 0.000000297. The smallest absolute Gasteiger partial charge is 0.383 e. The SMILES string of the molecule is COCCN1CC[CH-]CC1.Cc1cnc(C#N)[c-]c1-c1cc(-c2ccncc2)cnc1C.[U+2]. The number of pyridine rings is 3. The van der Waals surface area contributed by atoms with Gasteiger partial charge in [-0.3, -0.25) is 20.2 Å². The number of nitrogens with zero attached hydrogens (tertiary/aromatic N) is 5. The molecule has 1 saturated heterocycles. The first-order valence-electron chi connectivity index (χ1n) is 10.8. The second-order valence-corrected chi connectivity index (χ2v) is 7.69. The molecular formula is C26H29N5OU. The van der Waals surface area contributed by atoms with Crippen LogP contribution in [0.5, 0.6) is 0 Å². The van der Waals surface area contributed by atoms with E-state index < -0.39 is 0 Å². The Morgan fingerprint density at radius 3 is 2.52 bits per heavy atom. The molecule has 0 unspecified atom stereocenters. The number of piperidine rings is 1. The van der Waals surface area contributed by atoms with Gasteiger partial charge in [0, 0.05) is 49.7 Å². The Labute approximate surface area is 220 Å². The number of ether oxygens (including phenoxy) is 1. The van der Waals surface area contributed by atoms with E-state index in [2.05, 4.69) is 38.4 Å². The average Bonchev–Trinajstić information content (AvgIpc) is 2.85. The molecule has 3 aromatic heterocycles. The van der Waals surface area contributed by atoms with E-state index in [9.17, 15) is 0 Å². The summed E-state index contributed by atoms with van der Waals surface area (Å²) in [5, 5.41) is 9.04. The normalized spacial score (nSPS) is 13.3. The number of likely N-dealkylation sites (tertiary alicyclic amines) is 1. The summed E-state index contributed by atoms with van der Waals surface area (Å²) in [7, 11) is 1.76. The number of nitriles is 1. The van der Waals surface area contributed by atoms with E-state index in [0.29, 0.717) is 0 Å². The zero-order chi connectivity index (χ0) is 22.8. The maximum atomic E-state index is 9.04. The maximum absolute atomic E-state index is 9.04. The summed E-state index contributed by atoms with van der Waals surface area (Å²) in [4.78, 5) is 15.0. The van der Waals surface area contributed by atoms with Gasteiger partial charge in [-0.1, -0.05) is 18.6 Å². The summed E-state index contributed by atoms with van der Waals surface area (Å²) in [5.74, 6) is 0. The van der Waals surface area contributed by atoms with Crippen LogP contribution in [0.25, 0.3) is 22.3 Å². The van der Waals surface area contributed by atoms with Crippen molar-refractivity contribution in [3.63, 3.8) is 0 Å². The van der Waals surface area contributed by atoms with E-state index in [1.54, 1.807) is 25.7 Å². The Morgan fingerprint density at radius 1 is 1.12 bits per heavy atom. The van der Waals surface area contributed by atoms with E-state index >= 15 is 0 Å². The Bertz CT molecular complexity index is 1050. The van der Waals surface area contributed by atoms with E-state index in [1.807, 2.05) is 38.2 Å². The van der Waals surface area contributed by atoms with Gasteiger partial charge in [0.15, 0.2) is 0 Å². The molecule has 1 fully saturated rings. The van der Waals surface area contributed by atoms with Gasteiger partial charge in [0.05, 0.1) is 6.61 Å². The van der Waals surface area contributed by atoms with Crippen molar-refractivity contribution in [3.05, 3.63) is 72.4 Å². The minimum Gasteiger partial charge on any atom is -0.383 e. The zero-order valence-corrected chi connectivity index (χ0v) is 23.7. The molecule has 0 N–H and O–H groups in total. The molecule has 0 spiro atoms. The topological polar surface area (TPSA) is 74.9 Å². The van der Waals surface area contributed by atoms with Crippen LogP contribution in [0.2, 0.25) is 0 Å². The fourth-order valence-electron chi connectivity index (χ4n) is 3.55. The third-order valence-electron chi connectivity index (χ3n) is 5.41. The predicted molar refractivity (Wildman–Crippen MR) is 126 cm³/mol. The van der Waals surface area contributed by atoms with Crippen LogP contribution in [0, 0.1) is 68.8 Å². The van der Waals surface area contributed by atoms with Crippen molar-refractivity contribution < 1.29 is 35.9 Å². The average molecular weight is 666 g/mol. The van der Waals surface area contributed by atoms with Gasteiger partial charge >= 0.3 is 31.1 Å². The largest absolute Gasteiger partial charge is 2.00 e. The van der Waals surface area contributed by atoms with Gasteiger partial charge in [-0.05, 0) is 49.5 Å². The number of aryl methyl sites for hydroxylation is 2. The molecule has 1 aliphatic heterocycles. The van der Waals surface area contributed by atoms with Crippen LogP contribution >= 0.6 is 0 Å². The second kappa shape index (κ2) is 14.2. The van der Waals surface area contributed by atoms with Crippen LogP contribution in [-0.2, 0) is 4.74 Å². The second-order valence-electron chi connectivity index (χ2n) is 7.69. The molecule has 0 bridgehead atoms. The zero-order valence-electron chi connectivity index (χ0n) is 19.5. The molecule has 3 aromatic rings. The van der Waals surface area contributed by atoms with Gasteiger partial charge < -0.3 is 16.1 Å². The summed E-state index contributed by atoms with van der Waals surface area (Å²) >= 11 is 0. The standard InChI is InChI=1S/C18H13N4.C8H16NO.U/c1-12-10-22-16(9-19)8-17(12)18-7-15(11-21-13(18)2)14-3-5-20-6-4-14;1-10-8-7-9-5-3-2-4-6-9;/h3-7,10-11H,1-2H3;2H,3-8H2,1H3;/q2*-1;+2. The van der Waals surface area contributed by atoms with Gasteiger partial charge in [-0.15, -0.1) is 17.2 Å². The number of aromatic nitrogens is 3. The third kappa shape index (κ3) is 8.02. The summed E-state index contributed by atoms with van der Waals surface area (Å²) in [6.07, 6.45) is 11.9. The number of hydrogen-bond acceptors (Lipinski definition) is 6. The summed E-state index contributed by atoms with van der Waals surface area (Å²) in [6.45, 7) is 8.33. The minimum atomic E-state index is 0. The molecule has 0 amide bonds. The van der Waals surface area contributed by atoms with Gasteiger partial charge in [0.1, 0.15) is 0 Å². The number of methoxy groups -OCH3 is 1. The molecule has 168 valence electrons. The molecule has 4 heterocycles. The predicted octanol–water partition coefficient (Wildman–Crippen LogP) is 4.43. The molecule has 7 heteroatoms. The molecule has 1 aliphatic rings. The van der Waals surface area contributed by atoms with Crippen LogP contribution in [0.15, 0.2) is 43.0 Å². The fraction of sp³-hybridized carbons (Fsp3) is 0.346. The molecule has 0 saturated carbocycles. The van der Waals surface area contributed by atoms with Crippen molar-refractivity contribution in [1.29, 1.82) is 5.26 Å². The Hall–Kier alpha value is -2.09. The van der Waals surface area contributed by atoms with Crippen molar-refractivity contribution in [3.8, 4) is 28.3 Å². The van der Waals surface area contributed by atoms with Crippen molar-refractivity contribution in [2.45, 2.75) is 26.7 Å². The molecule has 0 aliphatic carbocycles. The molecule has 0 aromatic carbocycles. The maximum Gasteiger partial charge on any atom is 2.00 e.